The second-order valence-electron chi connectivity index (χ2n) is 6.13. The minimum Gasteiger partial charge on any atom is -0.463 e. The van der Waals surface area contributed by atoms with E-state index in [1.807, 2.05) is 0 Å². The molecule has 1 aromatic rings. The summed E-state index contributed by atoms with van der Waals surface area (Å²) in [6.45, 7) is 5.74. The smallest absolute Gasteiger partial charge is 0.336 e. The molecule has 0 saturated carbocycles. The molecule has 2 rings (SSSR count). The second kappa shape index (κ2) is 9.96. The van der Waals surface area contributed by atoms with Crippen molar-refractivity contribution in [3.8, 4) is 0 Å². The average Bonchev–Trinajstić information content (AvgIpc) is 2.63. The minimum absolute atomic E-state index is 0.0829. The molecule has 1 unspecified atom stereocenters. The van der Waals surface area contributed by atoms with E-state index in [9.17, 15) is 9.59 Å². The second-order valence-corrected chi connectivity index (χ2v) is 6.91. The minimum atomic E-state index is -0.776. The monoisotopic (exact) mass is 427 g/mol. The zero-order valence-electron chi connectivity index (χ0n) is 16.2. The summed E-state index contributed by atoms with van der Waals surface area (Å²) in [4.78, 5) is 25.6. The Morgan fingerprint density at radius 1 is 1.04 bits per heavy atom. The fourth-order valence-corrected chi connectivity index (χ4v) is 3.51. The average molecular weight is 428 g/mol. The highest BCUT2D eigenvalue weighted by atomic mass is 35.5. The van der Waals surface area contributed by atoms with Crippen molar-refractivity contribution in [3.05, 3.63) is 56.3 Å². The van der Waals surface area contributed by atoms with Gasteiger partial charge in [0.15, 0.2) is 0 Å². The molecule has 1 N–H and O–H groups in total. The summed E-state index contributed by atoms with van der Waals surface area (Å²) in [5, 5.41) is 3.66. The molecule has 0 saturated heterocycles. The molecule has 1 heterocycles. The van der Waals surface area contributed by atoms with E-state index in [0.717, 1.165) is 0 Å². The van der Waals surface area contributed by atoms with Gasteiger partial charge in [-0.05, 0) is 32.4 Å². The first-order chi connectivity index (χ1) is 13.3. The van der Waals surface area contributed by atoms with Crippen molar-refractivity contribution < 1.29 is 23.8 Å². The third-order valence-corrected chi connectivity index (χ3v) is 5.12. The standard InChI is InChI=1S/C20H23Cl2NO5/c1-5-27-19(24)15-11(2)23-12(3)16(20(25)28-10-9-26-4)17(15)13-7-6-8-14(21)18(13)22/h6-8,17,23H,5,9-10H2,1-4H3. The number of carbonyl (C=O) groups excluding carboxylic acids is 2. The Balaban J connectivity index is 2.61. The van der Waals surface area contributed by atoms with Gasteiger partial charge < -0.3 is 19.5 Å². The van der Waals surface area contributed by atoms with Gasteiger partial charge in [0.25, 0.3) is 0 Å². The van der Waals surface area contributed by atoms with Gasteiger partial charge in [0, 0.05) is 18.5 Å². The molecule has 0 aliphatic carbocycles. The molecule has 1 atom stereocenters. The molecule has 0 aromatic heterocycles. The van der Waals surface area contributed by atoms with E-state index in [2.05, 4.69) is 5.32 Å². The highest BCUT2D eigenvalue weighted by Gasteiger charge is 2.39. The van der Waals surface area contributed by atoms with E-state index in [1.54, 1.807) is 39.0 Å². The summed E-state index contributed by atoms with van der Waals surface area (Å²) < 4.78 is 15.5. The van der Waals surface area contributed by atoms with Gasteiger partial charge in [-0.1, -0.05) is 35.3 Å². The van der Waals surface area contributed by atoms with Crippen molar-refractivity contribution >= 4 is 35.1 Å². The number of nitrogens with one attached hydrogen (secondary N) is 1. The van der Waals surface area contributed by atoms with Crippen LogP contribution in [0.15, 0.2) is 40.7 Å². The molecule has 8 heteroatoms. The van der Waals surface area contributed by atoms with E-state index < -0.39 is 17.9 Å². The zero-order valence-corrected chi connectivity index (χ0v) is 17.7. The number of esters is 2. The molecule has 0 fully saturated rings. The number of methoxy groups -OCH3 is 1. The normalized spacial score (nSPS) is 16.7. The van der Waals surface area contributed by atoms with Gasteiger partial charge in [0.1, 0.15) is 6.61 Å². The molecule has 1 aromatic carbocycles. The largest absolute Gasteiger partial charge is 0.463 e. The zero-order chi connectivity index (χ0) is 20.8. The Bertz CT molecular complexity index is 832. The number of benzene rings is 1. The van der Waals surface area contributed by atoms with Crippen molar-refractivity contribution in [2.24, 2.45) is 0 Å². The molecule has 0 bridgehead atoms. The molecule has 152 valence electrons. The van der Waals surface area contributed by atoms with Crippen LogP contribution in [-0.4, -0.2) is 38.9 Å². The molecule has 0 amide bonds. The first-order valence-electron chi connectivity index (χ1n) is 8.79. The molecule has 0 spiro atoms. The molecule has 0 radical (unpaired) electrons. The number of halogens is 2. The maximum atomic E-state index is 12.9. The molecule has 1 aliphatic heterocycles. The van der Waals surface area contributed by atoms with E-state index in [1.165, 1.54) is 7.11 Å². The fourth-order valence-electron chi connectivity index (χ4n) is 3.09. The Kier molecular flexibility index (Phi) is 7.92. The van der Waals surface area contributed by atoms with E-state index >= 15 is 0 Å². The summed E-state index contributed by atoms with van der Waals surface area (Å²) in [6, 6.07) is 5.08. The van der Waals surface area contributed by atoms with Gasteiger partial charge >= 0.3 is 11.9 Å². The van der Waals surface area contributed by atoms with Crippen LogP contribution in [0.5, 0.6) is 0 Å². The Labute approximate surface area is 174 Å². The van der Waals surface area contributed by atoms with Crippen LogP contribution in [0.25, 0.3) is 0 Å². The lowest BCUT2D eigenvalue weighted by Crippen LogP contribution is -2.33. The lowest BCUT2D eigenvalue weighted by molar-refractivity contribution is -0.140. The fraction of sp³-hybridized carbons (Fsp3) is 0.400. The maximum Gasteiger partial charge on any atom is 0.336 e. The summed E-state index contributed by atoms with van der Waals surface area (Å²) in [5.74, 6) is -1.89. The number of dihydropyridines is 1. The quantitative estimate of drug-likeness (QED) is 0.523. The predicted molar refractivity (Wildman–Crippen MR) is 107 cm³/mol. The van der Waals surface area contributed by atoms with Gasteiger partial charge in [-0.15, -0.1) is 0 Å². The molecular weight excluding hydrogens is 405 g/mol. The molecule has 6 nitrogen and oxygen atoms in total. The highest BCUT2D eigenvalue weighted by molar-refractivity contribution is 6.42. The van der Waals surface area contributed by atoms with Crippen LogP contribution in [0.4, 0.5) is 0 Å². The van der Waals surface area contributed by atoms with Crippen molar-refractivity contribution in [1.29, 1.82) is 0 Å². The molecular formula is C20H23Cl2NO5. The summed E-state index contributed by atoms with van der Waals surface area (Å²) in [6.07, 6.45) is 0. The Hall–Kier alpha value is -2.02. The summed E-state index contributed by atoms with van der Waals surface area (Å²) >= 11 is 12.6. The van der Waals surface area contributed by atoms with Crippen LogP contribution in [0.3, 0.4) is 0 Å². The third kappa shape index (κ3) is 4.69. The van der Waals surface area contributed by atoms with Crippen molar-refractivity contribution in [2.45, 2.75) is 26.7 Å². The van der Waals surface area contributed by atoms with Crippen molar-refractivity contribution in [1.82, 2.24) is 5.32 Å². The lowest BCUT2D eigenvalue weighted by Gasteiger charge is -2.31. The van der Waals surface area contributed by atoms with Gasteiger partial charge in [-0.25, -0.2) is 9.59 Å². The van der Waals surface area contributed by atoms with Crippen LogP contribution in [0.2, 0.25) is 10.0 Å². The van der Waals surface area contributed by atoms with Crippen LogP contribution in [0, 0.1) is 0 Å². The Morgan fingerprint density at radius 2 is 1.64 bits per heavy atom. The number of allylic oxidation sites excluding steroid dienone is 2. The van der Waals surface area contributed by atoms with Gasteiger partial charge in [-0.3, -0.25) is 0 Å². The van der Waals surface area contributed by atoms with Crippen LogP contribution in [-0.2, 0) is 23.8 Å². The third-order valence-electron chi connectivity index (χ3n) is 4.29. The van der Waals surface area contributed by atoms with Crippen LogP contribution < -0.4 is 5.32 Å². The first kappa shape index (κ1) is 22.3. The predicted octanol–water partition coefficient (Wildman–Crippen LogP) is 3.98. The van der Waals surface area contributed by atoms with E-state index in [-0.39, 0.29) is 36.0 Å². The van der Waals surface area contributed by atoms with Gasteiger partial charge in [0.2, 0.25) is 0 Å². The molecule has 1 aliphatic rings. The number of rotatable bonds is 7. The SMILES string of the molecule is CCOC(=O)C1=C(C)NC(C)=C(C(=O)OCCOC)C1c1cccc(Cl)c1Cl. The maximum absolute atomic E-state index is 12.9. The van der Waals surface area contributed by atoms with E-state index in [0.29, 0.717) is 22.0 Å². The van der Waals surface area contributed by atoms with Gasteiger partial charge in [0.05, 0.1) is 40.3 Å². The number of hydrogen-bond acceptors (Lipinski definition) is 6. The molecule has 28 heavy (non-hydrogen) atoms. The summed E-state index contributed by atoms with van der Waals surface area (Å²) in [7, 11) is 1.51. The number of hydrogen-bond donors (Lipinski definition) is 1. The lowest BCUT2D eigenvalue weighted by atomic mass is 9.80. The van der Waals surface area contributed by atoms with Crippen molar-refractivity contribution in [2.75, 3.05) is 26.9 Å². The van der Waals surface area contributed by atoms with Crippen LogP contribution in [0.1, 0.15) is 32.3 Å². The number of ether oxygens (including phenoxy) is 3. The first-order valence-corrected chi connectivity index (χ1v) is 9.54. The summed E-state index contributed by atoms with van der Waals surface area (Å²) in [5.41, 5.74) is 2.22. The number of carbonyl (C=O) groups is 2. The van der Waals surface area contributed by atoms with Gasteiger partial charge in [-0.2, -0.15) is 0 Å². The van der Waals surface area contributed by atoms with Crippen LogP contribution >= 0.6 is 23.2 Å². The Morgan fingerprint density at radius 3 is 2.21 bits per heavy atom. The highest BCUT2D eigenvalue weighted by Crippen LogP contribution is 2.43. The van der Waals surface area contributed by atoms with E-state index in [4.69, 9.17) is 37.4 Å². The van der Waals surface area contributed by atoms with Crippen molar-refractivity contribution in [3.63, 3.8) is 0 Å². The topological polar surface area (TPSA) is 73.9 Å².